The molecule has 0 atom stereocenters. The van der Waals surface area contributed by atoms with Gasteiger partial charge < -0.3 is 9.80 Å². The van der Waals surface area contributed by atoms with Gasteiger partial charge in [0.05, 0.1) is 0 Å². The van der Waals surface area contributed by atoms with Gasteiger partial charge in [0.1, 0.15) is 5.82 Å². The Morgan fingerprint density at radius 2 is 1.58 bits per heavy atom. The average molecular weight is 433 g/mol. The second-order valence-electron chi connectivity index (χ2n) is 7.58. The summed E-state index contributed by atoms with van der Waals surface area (Å²) in [4.78, 5) is 6.66. The van der Waals surface area contributed by atoms with E-state index in [1.807, 2.05) is 4.90 Å². The Bertz CT molecular complexity index is 1000. The number of halogens is 3. The molecule has 2 aromatic heterocycles. The first-order valence-corrected chi connectivity index (χ1v) is 10.5. The first-order chi connectivity index (χ1) is 14.9. The van der Waals surface area contributed by atoms with E-state index in [1.54, 1.807) is 6.07 Å². The molecule has 0 N–H and O–H groups in total. The number of anilines is 2. The maximum atomic E-state index is 13.1. The number of alkyl halides is 3. The van der Waals surface area contributed by atoms with Gasteiger partial charge in [-0.2, -0.15) is 17.7 Å². The zero-order valence-electron chi connectivity index (χ0n) is 17.7. The maximum Gasteiger partial charge on any atom is 0.453 e. The van der Waals surface area contributed by atoms with Gasteiger partial charge in [0.25, 0.3) is 5.82 Å². The molecule has 31 heavy (non-hydrogen) atoms. The summed E-state index contributed by atoms with van der Waals surface area (Å²) < 4.78 is 40.1. The lowest BCUT2D eigenvalue weighted by Crippen LogP contribution is -2.46. The average Bonchev–Trinajstić information content (AvgIpc) is 3.20. The van der Waals surface area contributed by atoms with Crippen LogP contribution in [0.1, 0.15) is 25.2 Å². The van der Waals surface area contributed by atoms with E-state index in [1.165, 1.54) is 17.3 Å². The molecule has 10 heteroatoms. The summed E-state index contributed by atoms with van der Waals surface area (Å²) in [5.74, 6) is -0.600. The van der Waals surface area contributed by atoms with E-state index in [-0.39, 0.29) is 5.65 Å². The molecule has 7 nitrogen and oxygen atoms in total. The third-order valence-corrected chi connectivity index (χ3v) is 5.67. The molecule has 1 fully saturated rings. The van der Waals surface area contributed by atoms with Crippen LogP contribution in [0.25, 0.3) is 5.65 Å². The second kappa shape index (κ2) is 8.70. The molecule has 166 valence electrons. The first-order valence-electron chi connectivity index (χ1n) is 10.5. The van der Waals surface area contributed by atoms with Gasteiger partial charge in [-0.1, -0.05) is 12.1 Å². The summed E-state index contributed by atoms with van der Waals surface area (Å²) in [6, 6.07) is 11.9. The van der Waals surface area contributed by atoms with Crippen molar-refractivity contribution in [3.63, 3.8) is 0 Å². The van der Waals surface area contributed by atoms with Crippen LogP contribution < -0.4 is 9.80 Å². The highest BCUT2D eigenvalue weighted by atomic mass is 19.4. The zero-order chi connectivity index (χ0) is 22.0. The molecule has 0 unspecified atom stereocenters. The largest absolute Gasteiger partial charge is 0.453 e. The van der Waals surface area contributed by atoms with Gasteiger partial charge in [0.2, 0.25) is 0 Å². The zero-order valence-corrected chi connectivity index (χ0v) is 17.7. The number of rotatable bonds is 6. The predicted octanol–water partition coefficient (Wildman–Crippen LogP) is 3.31. The van der Waals surface area contributed by atoms with Crippen LogP contribution in [-0.2, 0) is 12.7 Å². The van der Waals surface area contributed by atoms with Crippen molar-refractivity contribution in [2.75, 3.05) is 49.1 Å². The van der Waals surface area contributed by atoms with Crippen molar-refractivity contribution in [3.8, 4) is 0 Å². The summed E-state index contributed by atoms with van der Waals surface area (Å²) in [7, 11) is 0. The Hall–Kier alpha value is -2.88. The maximum absolute atomic E-state index is 13.1. The minimum absolute atomic E-state index is 0.0860. The minimum atomic E-state index is -4.59. The number of hydrogen-bond donors (Lipinski definition) is 0. The van der Waals surface area contributed by atoms with Crippen LogP contribution in [0.15, 0.2) is 36.4 Å². The number of hydrogen-bond acceptors (Lipinski definition) is 6. The van der Waals surface area contributed by atoms with Gasteiger partial charge in [0, 0.05) is 51.5 Å². The van der Waals surface area contributed by atoms with E-state index in [0.717, 1.165) is 37.2 Å². The van der Waals surface area contributed by atoms with Gasteiger partial charge >= 0.3 is 6.18 Å². The fourth-order valence-electron chi connectivity index (χ4n) is 3.92. The number of nitrogens with zero attached hydrogens (tertiary/aromatic N) is 7. The van der Waals surface area contributed by atoms with Gasteiger partial charge in [-0.15, -0.1) is 15.3 Å². The van der Waals surface area contributed by atoms with Crippen LogP contribution in [-0.4, -0.2) is 64.0 Å². The van der Waals surface area contributed by atoms with Gasteiger partial charge in [-0.3, -0.25) is 4.90 Å². The quantitative estimate of drug-likeness (QED) is 0.595. The highest BCUT2D eigenvalue weighted by molar-refractivity contribution is 5.48. The fraction of sp³-hybridized carbons (Fsp3) is 0.476. The van der Waals surface area contributed by atoms with E-state index in [0.29, 0.717) is 18.9 Å². The van der Waals surface area contributed by atoms with Crippen molar-refractivity contribution in [2.45, 2.75) is 26.6 Å². The van der Waals surface area contributed by atoms with Crippen molar-refractivity contribution in [1.29, 1.82) is 0 Å². The van der Waals surface area contributed by atoms with Gasteiger partial charge in [-0.05, 0) is 43.7 Å². The molecule has 1 saturated heterocycles. The number of piperazine rings is 1. The van der Waals surface area contributed by atoms with Crippen molar-refractivity contribution in [1.82, 2.24) is 24.7 Å². The Morgan fingerprint density at radius 3 is 2.19 bits per heavy atom. The molecule has 0 bridgehead atoms. The summed E-state index contributed by atoms with van der Waals surface area (Å²) in [6.45, 7) is 10.1. The molecule has 1 aromatic carbocycles. The molecule has 1 aliphatic heterocycles. The minimum Gasteiger partial charge on any atom is -0.372 e. The van der Waals surface area contributed by atoms with Crippen LogP contribution in [0.3, 0.4) is 0 Å². The van der Waals surface area contributed by atoms with E-state index < -0.39 is 12.0 Å². The van der Waals surface area contributed by atoms with Gasteiger partial charge in [0.15, 0.2) is 5.65 Å². The fourth-order valence-corrected chi connectivity index (χ4v) is 3.92. The standard InChI is InChI=1S/C21H26F3N7/c1-3-29(4-2)17-7-5-16(6-8-17)15-28-11-13-30(14-12-28)19-10-9-18-25-26-20(21(22,23)24)31(18)27-19/h5-10H,3-4,11-15H2,1-2H3. The molecule has 0 saturated carbocycles. The predicted molar refractivity (Wildman–Crippen MR) is 113 cm³/mol. The molecule has 0 amide bonds. The number of fused-ring (bicyclic) bond motifs is 1. The molecular weight excluding hydrogens is 407 g/mol. The highest BCUT2D eigenvalue weighted by Gasteiger charge is 2.37. The van der Waals surface area contributed by atoms with Crippen LogP contribution in [0.2, 0.25) is 0 Å². The van der Waals surface area contributed by atoms with Crippen molar-refractivity contribution in [2.24, 2.45) is 0 Å². The Labute approximate surface area is 179 Å². The Balaban J connectivity index is 1.39. The number of benzene rings is 1. The smallest absolute Gasteiger partial charge is 0.372 e. The van der Waals surface area contributed by atoms with E-state index in [9.17, 15) is 13.2 Å². The van der Waals surface area contributed by atoms with E-state index >= 15 is 0 Å². The molecule has 4 rings (SSSR count). The van der Waals surface area contributed by atoms with Crippen LogP contribution in [0, 0.1) is 0 Å². The normalized spacial score (nSPS) is 15.6. The summed E-state index contributed by atoms with van der Waals surface area (Å²) in [5, 5.41) is 10.9. The van der Waals surface area contributed by atoms with E-state index in [4.69, 9.17) is 0 Å². The summed E-state index contributed by atoms with van der Waals surface area (Å²) >= 11 is 0. The first kappa shape index (κ1) is 21.4. The third-order valence-electron chi connectivity index (χ3n) is 5.67. The molecule has 0 spiro atoms. The summed E-state index contributed by atoms with van der Waals surface area (Å²) in [6.07, 6.45) is -4.59. The molecule has 1 aliphatic rings. The SMILES string of the molecule is CCN(CC)c1ccc(CN2CCN(c3ccc4nnc(C(F)(F)F)n4n3)CC2)cc1. The van der Waals surface area contributed by atoms with Gasteiger partial charge in [-0.25, -0.2) is 0 Å². The molecular formula is C21H26F3N7. The molecule has 0 aliphatic carbocycles. The molecule has 0 radical (unpaired) electrons. The Kier molecular flexibility index (Phi) is 5.99. The highest BCUT2D eigenvalue weighted by Crippen LogP contribution is 2.28. The lowest BCUT2D eigenvalue weighted by Gasteiger charge is -2.35. The van der Waals surface area contributed by atoms with Crippen LogP contribution >= 0.6 is 0 Å². The monoisotopic (exact) mass is 433 g/mol. The third kappa shape index (κ3) is 4.58. The second-order valence-corrected chi connectivity index (χ2v) is 7.58. The topological polar surface area (TPSA) is 52.8 Å². The lowest BCUT2D eigenvalue weighted by atomic mass is 10.1. The Morgan fingerprint density at radius 1 is 0.903 bits per heavy atom. The van der Waals surface area contributed by atoms with Crippen molar-refractivity contribution >= 4 is 17.2 Å². The van der Waals surface area contributed by atoms with Crippen LogP contribution in [0.5, 0.6) is 0 Å². The van der Waals surface area contributed by atoms with Crippen molar-refractivity contribution in [3.05, 3.63) is 47.8 Å². The van der Waals surface area contributed by atoms with Crippen LogP contribution in [0.4, 0.5) is 24.7 Å². The number of aromatic nitrogens is 4. The summed E-state index contributed by atoms with van der Waals surface area (Å²) in [5.41, 5.74) is 2.57. The lowest BCUT2D eigenvalue weighted by molar-refractivity contribution is -0.146. The van der Waals surface area contributed by atoms with Crippen molar-refractivity contribution < 1.29 is 13.2 Å². The van der Waals surface area contributed by atoms with E-state index in [2.05, 4.69) is 63.2 Å². The molecule has 3 aromatic rings. The molecule has 3 heterocycles.